The summed E-state index contributed by atoms with van der Waals surface area (Å²) in [6, 6.07) is 11.5. The number of nitrogens with one attached hydrogen (secondary N) is 1. The number of hydrogen-bond donors (Lipinski definition) is 3. The molecule has 0 amide bonds. The summed E-state index contributed by atoms with van der Waals surface area (Å²) in [5.41, 5.74) is 2.59. The van der Waals surface area contributed by atoms with Crippen molar-refractivity contribution in [2.45, 2.75) is 24.8 Å². The SMILES string of the molecule is Cc1ccc(O)c(C(C)Nc2ccc(S(N)(=O)=O)cc2)c1. The van der Waals surface area contributed by atoms with Crippen LogP contribution < -0.4 is 10.5 Å². The van der Waals surface area contributed by atoms with Crippen molar-refractivity contribution in [1.82, 2.24) is 0 Å². The summed E-state index contributed by atoms with van der Waals surface area (Å²) < 4.78 is 22.4. The Morgan fingerprint density at radius 3 is 2.33 bits per heavy atom. The number of primary sulfonamides is 1. The monoisotopic (exact) mass is 306 g/mol. The fourth-order valence-electron chi connectivity index (χ4n) is 2.09. The molecule has 0 aliphatic heterocycles. The smallest absolute Gasteiger partial charge is 0.238 e. The van der Waals surface area contributed by atoms with Gasteiger partial charge in [-0.05, 0) is 44.2 Å². The van der Waals surface area contributed by atoms with E-state index in [1.165, 1.54) is 12.1 Å². The highest BCUT2D eigenvalue weighted by Gasteiger charge is 2.11. The Morgan fingerprint density at radius 2 is 1.76 bits per heavy atom. The van der Waals surface area contributed by atoms with Gasteiger partial charge in [0.2, 0.25) is 10.0 Å². The van der Waals surface area contributed by atoms with Gasteiger partial charge in [0.15, 0.2) is 0 Å². The molecule has 0 saturated heterocycles. The van der Waals surface area contributed by atoms with Gasteiger partial charge in [-0.1, -0.05) is 17.7 Å². The van der Waals surface area contributed by atoms with Crippen LogP contribution in [0.4, 0.5) is 5.69 Å². The molecule has 6 heteroatoms. The first-order valence-electron chi connectivity index (χ1n) is 6.46. The van der Waals surface area contributed by atoms with Gasteiger partial charge in [-0.15, -0.1) is 0 Å². The quantitative estimate of drug-likeness (QED) is 0.809. The minimum Gasteiger partial charge on any atom is -0.508 e. The maximum Gasteiger partial charge on any atom is 0.238 e. The largest absolute Gasteiger partial charge is 0.508 e. The standard InChI is InChI=1S/C15H18N2O3S/c1-10-3-8-15(18)14(9-10)11(2)17-12-4-6-13(7-5-12)21(16,19)20/h3-9,11,17-18H,1-2H3,(H2,16,19,20). The summed E-state index contributed by atoms with van der Waals surface area (Å²) in [6.07, 6.45) is 0. The normalized spacial score (nSPS) is 12.9. The Bertz CT molecular complexity index is 740. The van der Waals surface area contributed by atoms with E-state index in [1.54, 1.807) is 18.2 Å². The van der Waals surface area contributed by atoms with E-state index in [-0.39, 0.29) is 16.7 Å². The molecule has 112 valence electrons. The van der Waals surface area contributed by atoms with Crippen molar-refractivity contribution in [3.8, 4) is 5.75 Å². The van der Waals surface area contributed by atoms with Crippen molar-refractivity contribution in [2.24, 2.45) is 5.14 Å². The molecule has 0 fully saturated rings. The van der Waals surface area contributed by atoms with Gasteiger partial charge in [-0.2, -0.15) is 0 Å². The van der Waals surface area contributed by atoms with Gasteiger partial charge in [-0.25, -0.2) is 13.6 Å². The van der Waals surface area contributed by atoms with Gasteiger partial charge >= 0.3 is 0 Å². The average Bonchev–Trinajstić information content (AvgIpc) is 2.41. The van der Waals surface area contributed by atoms with Crippen LogP contribution in [0.1, 0.15) is 24.1 Å². The van der Waals surface area contributed by atoms with E-state index in [0.29, 0.717) is 0 Å². The van der Waals surface area contributed by atoms with Crippen LogP contribution in [0.2, 0.25) is 0 Å². The van der Waals surface area contributed by atoms with Crippen LogP contribution in [0.15, 0.2) is 47.4 Å². The summed E-state index contributed by atoms with van der Waals surface area (Å²) in [5, 5.41) is 18.2. The predicted octanol–water partition coefficient (Wildman–Crippen LogP) is 2.52. The zero-order valence-corrected chi connectivity index (χ0v) is 12.7. The van der Waals surface area contributed by atoms with Gasteiger partial charge in [0.05, 0.1) is 10.9 Å². The maximum atomic E-state index is 11.2. The van der Waals surface area contributed by atoms with Gasteiger partial charge in [0, 0.05) is 11.3 Å². The van der Waals surface area contributed by atoms with Gasteiger partial charge < -0.3 is 10.4 Å². The summed E-state index contributed by atoms with van der Waals surface area (Å²) in [5.74, 6) is 0.224. The summed E-state index contributed by atoms with van der Waals surface area (Å²) in [4.78, 5) is 0.0686. The molecule has 2 aromatic carbocycles. The van der Waals surface area contributed by atoms with E-state index in [9.17, 15) is 13.5 Å². The van der Waals surface area contributed by atoms with Crippen LogP contribution >= 0.6 is 0 Å². The van der Waals surface area contributed by atoms with Crippen molar-refractivity contribution in [3.05, 3.63) is 53.6 Å². The highest BCUT2D eigenvalue weighted by Crippen LogP contribution is 2.28. The van der Waals surface area contributed by atoms with Crippen molar-refractivity contribution in [3.63, 3.8) is 0 Å². The molecule has 0 radical (unpaired) electrons. The number of phenolic OH excluding ortho intramolecular Hbond substituents is 1. The Hall–Kier alpha value is -2.05. The number of anilines is 1. The Balaban J connectivity index is 2.20. The third kappa shape index (κ3) is 3.74. The second-order valence-electron chi connectivity index (χ2n) is 5.00. The fraction of sp³-hybridized carbons (Fsp3) is 0.200. The second-order valence-corrected chi connectivity index (χ2v) is 6.56. The number of nitrogens with two attached hydrogens (primary N) is 1. The second kappa shape index (κ2) is 5.75. The third-order valence-corrected chi connectivity index (χ3v) is 4.14. The van der Waals surface area contributed by atoms with Crippen LogP contribution in [0.3, 0.4) is 0 Å². The molecule has 0 saturated carbocycles. The molecule has 5 nitrogen and oxygen atoms in total. The van der Waals surface area contributed by atoms with E-state index in [4.69, 9.17) is 5.14 Å². The minimum atomic E-state index is -3.68. The molecule has 4 N–H and O–H groups in total. The first-order valence-corrected chi connectivity index (χ1v) is 8.01. The average molecular weight is 306 g/mol. The topological polar surface area (TPSA) is 92.4 Å². The van der Waals surface area contributed by atoms with Crippen LogP contribution in [0, 0.1) is 6.92 Å². The molecule has 2 rings (SSSR count). The molecule has 0 heterocycles. The highest BCUT2D eigenvalue weighted by atomic mass is 32.2. The summed E-state index contributed by atoms with van der Waals surface area (Å²) in [7, 11) is -3.68. The van der Waals surface area contributed by atoms with Gasteiger partial charge in [0.1, 0.15) is 5.75 Å². The Labute approximate surface area is 124 Å². The first kappa shape index (κ1) is 15.3. The first-order chi connectivity index (χ1) is 9.77. The lowest BCUT2D eigenvalue weighted by molar-refractivity contribution is 0.465. The Morgan fingerprint density at radius 1 is 1.14 bits per heavy atom. The maximum absolute atomic E-state index is 11.2. The van der Waals surface area contributed by atoms with E-state index in [1.807, 2.05) is 26.0 Å². The van der Waals surface area contributed by atoms with Gasteiger partial charge in [-0.3, -0.25) is 0 Å². The number of sulfonamides is 1. The molecule has 0 spiro atoms. The van der Waals surface area contributed by atoms with Crippen LogP contribution in [-0.4, -0.2) is 13.5 Å². The van der Waals surface area contributed by atoms with Crippen LogP contribution in [0.25, 0.3) is 0 Å². The molecule has 1 unspecified atom stereocenters. The lowest BCUT2D eigenvalue weighted by atomic mass is 10.0. The fourth-order valence-corrected chi connectivity index (χ4v) is 2.60. The number of hydrogen-bond acceptors (Lipinski definition) is 4. The predicted molar refractivity (Wildman–Crippen MR) is 82.7 cm³/mol. The van der Waals surface area contributed by atoms with E-state index >= 15 is 0 Å². The molecular formula is C15H18N2O3S. The molecule has 0 aliphatic rings. The van der Waals surface area contributed by atoms with Crippen molar-refractivity contribution in [1.29, 1.82) is 0 Å². The van der Waals surface area contributed by atoms with Crippen LogP contribution in [0.5, 0.6) is 5.75 Å². The molecular weight excluding hydrogens is 288 g/mol. The number of benzene rings is 2. The molecule has 1 atom stereocenters. The zero-order valence-electron chi connectivity index (χ0n) is 11.9. The lowest BCUT2D eigenvalue weighted by Gasteiger charge is -2.17. The summed E-state index contributed by atoms with van der Waals surface area (Å²) in [6.45, 7) is 3.87. The third-order valence-electron chi connectivity index (χ3n) is 3.22. The number of aryl methyl sites for hydroxylation is 1. The number of phenols is 1. The van der Waals surface area contributed by atoms with E-state index < -0.39 is 10.0 Å². The van der Waals surface area contributed by atoms with Crippen molar-refractivity contribution >= 4 is 15.7 Å². The Kier molecular flexibility index (Phi) is 4.20. The van der Waals surface area contributed by atoms with Crippen LogP contribution in [-0.2, 0) is 10.0 Å². The van der Waals surface area contributed by atoms with E-state index in [0.717, 1.165) is 16.8 Å². The highest BCUT2D eigenvalue weighted by molar-refractivity contribution is 7.89. The molecule has 21 heavy (non-hydrogen) atoms. The van der Waals surface area contributed by atoms with Crippen molar-refractivity contribution in [2.75, 3.05) is 5.32 Å². The molecule has 0 aliphatic carbocycles. The van der Waals surface area contributed by atoms with E-state index in [2.05, 4.69) is 5.32 Å². The number of rotatable bonds is 4. The molecule has 0 bridgehead atoms. The molecule has 0 aromatic heterocycles. The van der Waals surface area contributed by atoms with Crippen molar-refractivity contribution < 1.29 is 13.5 Å². The lowest BCUT2D eigenvalue weighted by Crippen LogP contribution is -2.12. The zero-order chi connectivity index (χ0) is 15.6. The summed E-state index contributed by atoms with van der Waals surface area (Å²) >= 11 is 0. The molecule has 2 aromatic rings. The minimum absolute atomic E-state index is 0.0686. The van der Waals surface area contributed by atoms with Gasteiger partial charge in [0.25, 0.3) is 0 Å². The number of aromatic hydroxyl groups is 1.